The van der Waals surface area contributed by atoms with E-state index in [0.717, 1.165) is 43.4 Å². The molecule has 0 N–H and O–H groups in total. The lowest BCUT2D eigenvalue weighted by Gasteiger charge is -2.44. The summed E-state index contributed by atoms with van der Waals surface area (Å²) in [4.78, 5) is 0. The molecule has 2 fully saturated rings. The molecule has 1 aromatic rings. The van der Waals surface area contributed by atoms with Crippen LogP contribution in [0.5, 0.6) is 0 Å². The predicted octanol–water partition coefficient (Wildman–Crippen LogP) is 4.18. The maximum Gasteiger partial charge on any atom is 0.168 e. The van der Waals surface area contributed by atoms with E-state index < -0.39 is 0 Å². The minimum atomic E-state index is -0.283. The topological polar surface area (TPSA) is 18.5 Å². The van der Waals surface area contributed by atoms with E-state index in [-0.39, 0.29) is 5.79 Å². The molecule has 1 aromatic carbocycles. The molecule has 0 bridgehead atoms. The number of ether oxygens (including phenoxy) is 2. The summed E-state index contributed by atoms with van der Waals surface area (Å²) < 4.78 is 13.0. The molecular formula is C17H19BrO2. The Morgan fingerprint density at radius 2 is 2.05 bits per heavy atom. The molecule has 1 aliphatic heterocycles. The van der Waals surface area contributed by atoms with Gasteiger partial charge in [0.1, 0.15) is 0 Å². The Kier molecular flexibility index (Phi) is 3.06. The van der Waals surface area contributed by atoms with Gasteiger partial charge in [0.2, 0.25) is 0 Å². The van der Waals surface area contributed by atoms with Crippen LogP contribution in [0.4, 0.5) is 0 Å². The van der Waals surface area contributed by atoms with Gasteiger partial charge in [0, 0.05) is 17.3 Å². The van der Waals surface area contributed by atoms with Gasteiger partial charge in [-0.1, -0.05) is 28.6 Å². The van der Waals surface area contributed by atoms with Crippen molar-refractivity contribution in [2.45, 2.75) is 31.5 Å². The summed E-state index contributed by atoms with van der Waals surface area (Å²) in [5.74, 6) is 0.923. The number of halogens is 1. The first-order valence-corrected chi connectivity index (χ1v) is 8.22. The van der Waals surface area contributed by atoms with Crippen LogP contribution >= 0.6 is 15.9 Å². The molecule has 2 atom stereocenters. The first-order chi connectivity index (χ1) is 9.67. The highest BCUT2D eigenvalue weighted by Crippen LogP contribution is 2.50. The number of hydrogen-bond donors (Lipinski definition) is 0. The molecule has 0 amide bonds. The summed E-state index contributed by atoms with van der Waals surface area (Å²) in [6, 6.07) is 6.59. The second kappa shape index (κ2) is 4.69. The Morgan fingerprint density at radius 1 is 1.25 bits per heavy atom. The zero-order valence-electron chi connectivity index (χ0n) is 11.5. The Hall–Kier alpha value is -0.640. The van der Waals surface area contributed by atoms with Gasteiger partial charge in [-0.15, -0.1) is 0 Å². The Balaban J connectivity index is 1.66. The van der Waals surface area contributed by atoms with Gasteiger partial charge in [-0.2, -0.15) is 0 Å². The van der Waals surface area contributed by atoms with Crippen molar-refractivity contribution in [2.75, 3.05) is 13.2 Å². The van der Waals surface area contributed by atoms with Crippen LogP contribution in [0.1, 0.15) is 30.4 Å². The normalized spacial score (nSPS) is 31.1. The number of hydrogen-bond acceptors (Lipinski definition) is 2. The van der Waals surface area contributed by atoms with Crippen LogP contribution in [-0.2, 0) is 15.9 Å². The highest BCUT2D eigenvalue weighted by atomic mass is 79.9. The standard InChI is InChI=1S/C17H19BrO2/c1-11-15-4-5-17(19-6-7-20-17)10-13(15)8-12-2-3-14(18)9-16(11)12/h2-3,9,13,15H,1,4-8,10H2/t13-,15+/m1/s1. The molecule has 3 aliphatic rings. The quantitative estimate of drug-likeness (QED) is 0.708. The van der Waals surface area contributed by atoms with Crippen molar-refractivity contribution >= 4 is 21.5 Å². The van der Waals surface area contributed by atoms with E-state index in [1.165, 1.54) is 16.7 Å². The molecule has 1 saturated carbocycles. The van der Waals surface area contributed by atoms with Gasteiger partial charge in [-0.25, -0.2) is 0 Å². The molecular weight excluding hydrogens is 316 g/mol. The molecule has 2 aliphatic carbocycles. The summed E-state index contributed by atoms with van der Waals surface area (Å²) in [7, 11) is 0. The summed E-state index contributed by atoms with van der Waals surface area (Å²) in [6.45, 7) is 5.90. The average Bonchev–Trinajstić information content (AvgIpc) is 2.88. The molecule has 3 heteroatoms. The van der Waals surface area contributed by atoms with Gasteiger partial charge in [0.15, 0.2) is 5.79 Å². The van der Waals surface area contributed by atoms with Gasteiger partial charge in [0.05, 0.1) is 13.2 Å². The van der Waals surface area contributed by atoms with Gasteiger partial charge in [-0.05, 0) is 53.5 Å². The lowest BCUT2D eigenvalue weighted by molar-refractivity contribution is -0.191. The molecule has 20 heavy (non-hydrogen) atoms. The molecule has 2 nitrogen and oxygen atoms in total. The molecule has 0 radical (unpaired) electrons. The van der Waals surface area contributed by atoms with Crippen molar-refractivity contribution in [2.24, 2.45) is 11.8 Å². The molecule has 0 unspecified atom stereocenters. The maximum absolute atomic E-state index is 5.91. The first-order valence-electron chi connectivity index (χ1n) is 7.42. The predicted molar refractivity (Wildman–Crippen MR) is 82.3 cm³/mol. The summed E-state index contributed by atoms with van der Waals surface area (Å²) in [6.07, 6.45) is 4.29. The van der Waals surface area contributed by atoms with E-state index in [1.54, 1.807) is 0 Å². The second-order valence-electron chi connectivity index (χ2n) is 6.25. The summed E-state index contributed by atoms with van der Waals surface area (Å²) >= 11 is 3.57. The van der Waals surface area contributed by atoms with Crippen LogP contribution in [0.3, 0.4) is 0 Å². The number of allylic oxidation sites excluding steroid dienone is 1. The first kappa shape index (κ1) is 13.1. The Bertz CT molecular complexity index is 560. The fourth-order valence-electron chi connectivity index (χ4n) is 4.20. The van der Waals surface area contributed by atoms with Crippen LogP contribution in [0.15, 0.2) is 29.3 Å². The van der Waals surface area contributed by atoms with Crippen LogP contribution < -0.4 is 0 Å². The molecule has 1 spiro atoms. The van der Waals surface area contributed by atoms with Crippen molar-refractivity contribution in [1.82, 2.24) is 0 Å². The van der Waals surface area contributed by atoms with Crippen molar-refractivity contribution in [3.05, 3.63) is 40.4 Å². The smallest absolute Gasteiger partial charge is 0.168 e. The fourth-order valence-corrected chi connectivity index (χ4v) is 4.56. The zero-order valence-corrected chi connectivity index (χ0v) is 13.1. The van der Waals surface area contributed by atoms with E-state index in [2.05, 4.69) is 40.7 Å². The third kappa shape index (κ3) is 1.99. The molecule has 1 saturated heterocycles. The maximum atomic E-state index is 5.91. The monoisotopic (exact) mass is 334 g/mol. The van der Waals surface area contributed by atoms with Crippen LogP contribution in [-0.4, -0.2) is 19.0 Å². The summed E-state index contributed by atoms with van der Waals surface area (Å²) in [5, 5.41) is 0. The highest BCUT2D eigenvalue weighted by Gasteiger charge is 2.47. The molecule has 1 heterocycles. The third-order valence-corrected chi connectivity index (χ3v) is 5.63. The van der Waals surface area contributed by atoms with Gasteiger partial charge in [0.25, 0.3) is 0 Å². The van der Waals surface area contributed by atoms with Gasteiger partial charge in [-0.3, -0.25) is 0 Å². The number of benzene rings is 1. The fraction of sp³-hybridized carbons (Fsp3) is 0.529. The van der Waals surface area contributed by atoms with Crippen LogP contribution in [0, 0.1) is 11.8 Å². The minimum Gasteiger partial charge on any atom is -0.348 e. The number of rotatable bonds is 0. The Labute approximate surface area is 128 Å². The third-order valence-electron chi connectivity index (χ3n) is 5.14. The Morgan fingerprint density at radius 3 is 2.85 bits per heavy atom. The van der Waals surface area contributed by atoms with E-state index >= 15 is 0 Å². The van der Waals surface area contributed by atoms with Gasteiger partial charge >= 0.3 is 0 Å². The highest BCUT2D eigenvalue weighted by molar-refractivity contribution is 9.10. The van der Waals surface area contributed by atoms with E-state index in [0.29, 0.717) is 11.8 Å². The van der Waals surface area contributed by atoms with E-state index in [9.17, 15) is 0 Å². The molecule has 4 rings (SSSR count). The lowest BCUT2D eigenvalue weighted by Crippen LogP contribution is -2.42. The SMILES string of the molecule is C=C1c2cc(Br)ccc2C[C@@H]2CC3(CC[C@@H]12)OCCO3. The van der Waals surface area contributed by atoms with Crippen molar-refractivity contribution < 1.29 is 9.47 Å². The largest absolute Gasteiger partial charge is 0.348 e. The van der Waals surface area contributed by atoms with Crippen molar-refractivity contribution in [3.8, 4) is 0 Å². The van der Waals surface area contributed by atoms with E-state index in [1.807, 2.05) is 0 Å². The average molecular weight is 335 g/mol. The van der Waals surface area contributed by atoms with Crippen molar-refractivity contribution in [3.63, 3.8) is 0 Å². The molecule has 0 aromatic heterocycles. The molecule has 106 valence electrons. The lowest BCUT2D eigenvalue weighted by atomic mass is 9.65. The van der Waals surface area contributed by atoms with Crippen molar-refractivity contribution in [1.29, 1.82) is 0 Å². The number of fused-ring (bicyclic) bond motifs is 2. The zero-order chi connectivity index (χ0) is 13.7. The van der Waals surface area contributed by atoms with E-state index in [4.69, 9.17) is 9.47 Å². The summed E-state index contributed by atoms with van der Waals surface area (Å²) in [5.41, 5.74) is 4.09. The van der Waals surface area contributed by atoms with Gasteiger partial charge < -0.3 is 9.47 Å². The van der Waals surface area contributed by atoms with Crippen LogP contribution in [0.25, 0.3) is 5.57 Å². The minimum absolute atomic E-state index is 0.283. The second-order valence-corrected chi connectivity index (χ2v) is 7.16. The van der Waals surface area contributed by atoms with Crippen LogP contribution in [0.2, 0.25) is 0 Å².